The molecule has 2 unspecified atom stereocenters. The van der Waals surface area contributed by atoms with Crippen molar-refractivity contribution in [3.8, 4) is 0 Å². The van der Waals surface area contributed by atoms with Crippen molar-refractivity contribution < 1.29 is 17.8 Å². The number of alkyl halides is 1. The molecule has 0 radical (unpaired) electrons. The van der Waals surface area contributed by atoms with Gasteiger partial charge in [0.2, 0.25) is 0 Å². The normalized spacial score (nSPS) is 24.0. The van der Waals surface area contributed by atoms with Crippen molar-refractivity contribution in [2.75, 3.05) is 13.3 Å². The fourth-order valence-electron chi connectivity index (χ4n) is 1.99. The molecule has 2 atom stereocenters. The van der Waals surface area contributed by atoms with E-state index in [0.717, 1.165) is 17.1 Å². The number of amides is 1. The maximum Gasteiger partial charge on any atom is 0.265 e. The van der Waals surface area contributed by atoms with Crippen molar-refractivity contribution in [1.82, 2.24) is 5.01 Å². The zero-order valence-corrected chi connectivity index (χ0v) is 13.3. The Bertz CT molecular complexity index is 638. The highest BCUT2D eigenvalue weighted by Crippen LogP contribution is 2.32. The molecule has 1 aliphatic rings. The first-order valence-electron chi connectivity index (χ1n) is 5.55. The Labute approximate surface area is 125 Å². The number of nitrogens with zero attached hydrogens (tertiary/aromatic N) is 2. The van der Waals surface area contributed by atoms with E-state index in [1.165, 1.54) is 13.3 Å². The predicted octanol–water partition coefficient (Wildman–Crippen LogP) is 2.03. The van der Waals surface area contributed by atoms with E-state index in [9.17, 15) is 17.8 Å². The third-order valence-electron chi connectivity index (χ3n) is 2.95. The Morgan fingerprint density at radius 1 is 1.35 bits per heavy atom. The smallest absolute Gasteiger partial charge is 0.265 e. The second-order valence-corrected chi connectivity index (χ2v) is 7.41. The van der Waals surface area contributed by atoms with Crippen LogP contribution in [0.25, 0.3) is 0 Å². The van der Waals surface area contributed by atoms with E-state index in [-0.39, 0.29) is 17.2 Å². The van der Waals surface area contributed by atoms with Crippen molar-refractivity contribution >= 4 is 38.3 Å². The number of carbonyl (C=O) groups excluding carboxylic acids is 1. The number of hydrogen-bond acceptors (Lipinski definition) is 3. The van der Waals surface area contributed by atoms with Gasteiger partial charge in [-0.3, -0.25) is 9.00 Å². The molecule has 1 heterocycles. The van der Waals surface area contributed by atoms with Crippen molar-refractivity contribution in [1.29, 1.82) is 0 Å². The van der Waals surface area contributed by atoms with Gasteiger partial charge in [0.1, 0.15) is 20.9 Å². The molecule has 0 saturated heterocycles. The molecule has 0 bridgehead atoms. The second kappa shape index (κ2) is 5.00. The van der Waals surface area contributed by atoms with E-state index in [1.54, 1.807) is 6.92 Å². The molecule has 0 fully saturated rings. The molecule has 1 amide bonds. The van der Waals surface area contributed by atoms with E-state index < -0.39 is 31.7 Å². The van der Waals surface area contributed by atoms with Crippen LogP contribution in [0.4, 0.5) is 8.78 Å². The minimum atomic E-state index is -1.77. The van der Waals surface area contributed by atoms with Crippen LogP contribution < -0.4 is 0 Å². The first-order valence-corrected chi connectivity index (χ1v) is 7.90. The number of halogens is 3. The van der Waals surface area contributed by atoms with Crippen LogP contribution in [0.1, 0.15) is 12.5 Å². The summed E-state index contributed by atoms with van der Waals surface area (Å²) in [5, 5.41) is 5.10. The number of carbonyl (C=O) groups is 1. The van der Waals surface area contributed by atoms with Crippen LogP contribution in [0.3, 0.4) is 0 Å². The van der Waals surface area contributed by atoms with E-state index in [2.05, 4.69) is 21.0 Å². The molecule has 0 N–H and O–H groups in total. The molecule has 0 saturated carbocycles. The highest BCUT2D eigenvalue weighted by atomic mass is 79.9. The maximum absolute atomic E-state index is 13.9. The minimum absolute atomic E-state index is 0.131. The summed E-state index contributed by atoms with van der Waals surface area (Å²) in [5.41, 5.74) is 0.336. The lowest BCUT2D eigenvalue weighted by atomic mass is 9.98. The highest BCUT2D eigenvalue weighted by molar-refractivity contribution is 9.10. The van der Waals surface area contributed by atoms with Crippen molar-refractivity contribution in [2.24, 2.45) is 5.10 Å². The van der Waals surface area contributed by atoms with E-state index >= 15 is 0 Å². The molecule has 20 heavy (non-hydrogen) atoms. The van der Waals surface area contributed by atoms with Gasteiger partial charge in [-0.25, -0.2) is 13.8 Å². The zero-order valence-electron chi connectivity index (χ0n) is 10.9. The lowest BCUT2D eigenvalue weighted by molar-refractivity contribution is -0.128. The topological polar surface area (TPSA) is 49.7 Å². The van der Waals surface area contributed by atoms with E-state index in [0.29, 0.717) is 0 Å². The third-order valence-corrected chi connectivity index (χ3v) is 4.63. The van der Waals surface area contributed by atoms with Crippen LogP contribution >= 0.6 is 15.9 Å². The number of hydrogen-bond donors (Lipinski definition) is 0. The molecular formula is C12H11BrF2N2O2S. The summed E-state index contributed by atoms with van der Waals surface area (Å²) < 4.78 is 37.9. The standard InChI is InChI=1S/C12H11BrF2N2O2S/c1-12(13)10(16-17(2)11(12)18)6-4-7(14)9(20(3)19)8(15)5-6/h4-5H,1-3H3. The van der Waals surface area contributed by atoms with Gasteiger partial charge in [-0.1, -0.05) is 15.9 Å². The predicted molar refractivity (Wildman–Crippen MR) is 75.3 cm³/mol. The van der Waals surface area contributed by atoms with Crippen molar-refractivity contribution in [3.63, 3.8) is 0 Å². The molecule has 4 nitrogen and oxygen atoms in total. The maximum atomic E-state index is 13.9. The SMILES string of the molecule is CN1N=C(c2cc(F)c(S(C)=O)c(F)c2)C(C)(Br)C1=O. The van der Waals surface area contributed by atoms with Crippen LogP contribution in [-0.2, 0) is 15.6 Å². The molecule has 1 aromatic rings. The van der Waals surface area contributed by atoms with Crippen LogP contribution in [0.2, 0.25) is 0 Å². The quantitative estimate of drug-likeness (QED) is 0.754. The lowest BCUT2D eigenvalue weighted by Gasteiger charge is -2.16. The summed E-state index contributed by atoms with van der Waals surface area (Å²) in [6.45, 7) is 1.55. The average Bonchev–Trinajstić information content (AvgIpc) is 2.51. The Morgan fingerprint density at radius 2 is 1.85 bits per heavy atom. The van der Waals surface area contributed by atoms with Gasteiger partial charge in [0, 0.05) is 18.9 Å². The summed E-state index contributed by atoms with van der Waals surface area (Å²) in [7, 11) is -0.319. The van der Waals surface area contributed by atoms with Crippen molar-refractivity contribution in [3.05, 3.63) is 29.3 Å². The largest absolute Gasteiger partial charge is 0.271 e. The molecule has 8 heteroatoms. The van der Waals surface area contributed by atoms with Gasteiger partial charge in [0.15, 0.2) is 0 Å². The average molecular weight is 365 g/mol. The lowest BCUT2D eigenvalue weighted by Crippen LogP contribution is -2.37. The number of hydrazone groups is 1. The second-order valence-electron chi connectivity index (χ2n) is 4.50. The Balaban J connectivity index is 2.59. The molecule has 2 rings (SSSR count). The van der Waals surface area contributed by atoms with Crippen LogP contribution in [0, 0.1) is 11.6 Å². The van der Waals surface area contributed by atoms with Gasteiger partial charge in [-0.15, -0.1) is 0 Å². The zero-order chi connectivity index (χ0) is 15.2. The summed E-state index contributed by atoms with van der Waals surface area (Å²) in [5.74, 6) is -2.18. The Kier molecular flexibility index (Phi) is 3.81. The van der Waals surface area contributed by atoms with Crippen molar-refractivity contribution in [2.45, 2.75) is 16.1 Å². The molecule has 0 aliphatic carbocycles. The third kappa shape index (κ3) is 2.31. The number of rotatable bonds is 2. The van der Waals surface area contributed by atoms with Gasteiger partial charge >= 0.3 is 0 Å². The van der Waals surface area contributed by atoms with Gasteiger partial charge in [0.05, 0.1) is 16.5 Å². The number of benzene rings is 1. The molecule has 1 aromatic carbocycles. The molecule has 0 aromatic heterocycles. The molecule has 108 valence electrons. The monoisotopic (exact) mass is 364 g/mol. The first-order chi connectivity index (χ1) is 9.16. The fraction of sp³-hybridized carbons (Fsp3) is 0.333. The van der Waals surface area contributed by atoms with Gasteiger partial charge in [0.25, 0.3) is 5.91 Å². The summed E-state index contributed by atoms with van der Waals surface area (Å²) in [4.78, 5) is 11.4. The molecule has 1 aliphatic heterocycles. The van der Waals surface area contributed by atoms with E-state index in [4.69, 9.17) is 0 Å². The molecule has 0 spiro atoms. The van der Waals surface area contributed by atoms with Gasteiger partial charge in [-0.05, 0) is 19.1 Å². The van der Waals surface area contributed by atoms with Crippen LogP contribution in [0.15, 0.2) is 22.1 Å². The minimum Gasteiger partial charge on any atom is -0.271 e. The van der Waals surface area contributed by atoms with Gasteiger partial charge < -0.3 is 0 Å². The summed E-state index contributed by atoms with van der Waals surface area (Å²) >= 11 is 3.22. The summed E-state index contributed by atoms with van der Waals surface area (Å²) in [6, 6.07) is 2.06. The highest BCUT2D eigenvalue weighted by Gasteiger charge is 2.44. The van der Waals surface area contributed by atoms with Crippen LogP contribution in [-0.4, -0.2) is 38.5 Å². The van der Waals surface area contributed by atoms with Crippen LogP contribution in [0.5, 0.6) is 0 Å². The Morgan fingerprint density at radius 3 is 2.20 bits per heavy atom. The van der Waals surface area contributed by atoms with Gasteiger partial charge in [-0.2, -0.15) is 5.10 Å². The first kappa shape index (κ1) is 15.2. The van der Waals surface area contributed by atoms with E-state index in [1.807, 2.05) is 0 Å². The Hall–Kier alpha value is -1.15. The molecular weight excluding hydrogens is 354 g/mol. The fourth-order valence-corrected chi connectivity index (χ4v) is 3.23. The summed E-state index contributed by atoms with van der Waals surface area (Å²) in [6.07, 6.45) is 1.19.